The maximum absolute atomic E-state index is 13.5. The summed E-state index contributed by atoms with van der Waals surface area (Å²) in [6.45, 7) is 4.38. The van der Waals surface area contributed by atoms with Crippen LogP contribution in [-0.2, 0) is 6.54 Å². The van der Waals surface area contributed by atoms with Crippen molar-refractivity contribution in [1.82, 2.24) is 14.5 Å². The molecular weight excluding hydrogens is 412 g/mol. The molecule has 0 bridgehead atoms. The van der Waals surface area contributed by atoms with Crippen LogP contribution in [0.15, 0.2) is 55.1 Å². The van der Waals surface area contributed by atoms with E-state index in [2.05, 4.69) is 18.0 Å². The van der Waals surface area contributed by atoms with Crippen LogP contribution in [-0.4, -0.2) is 40.2 Å². The van der Waals surface area contributed by atoms with Crippen LogP contribution in [0.3, 0.4) is 0 Å². The molecule has 0 aliphatic carbocycles. The number of carbonyl (C=O) groups is 1. The van der Waals surface area contributed by atoms with E-state index in [1.165, 1.54) is 16.9 Å². The summed E-state index contributed by atoms with van der Waals surface area (Å²) >= 11 is 1.54. The summed E-state index contributed by atoms with van der Waals surface area (Å²) in [6.07, 6.45) is 6.25. The van der Waals surface area contributed by atoms with Crippen molar-refractivity contribution in [3.8, 4) is 11.5 Å². The van der Waals surface area contributed by atoms with Crippen LogP contribution in [0.4, 0.5) is 5.13 Å². The minimum absolute atomic E-state index is 0.0987. The highest BCUT2D eigenvalue weighted by Gasteiger charge is 2.23. The number of aromatic nitrogens is 3. The van der Waals surface area contributed by atoms with E-state index in [0.717, 1.165) is 23.2 Å². The molecule has 1 aliphatic rings. The number of nitrogens with zero attached hydrogens (tertiary/aromatic N) is 4. The summed E-state index contributed by atoms with van der Waals surface area (Å²) in [7, 11) is 0. The molecule has 0 N–H and O–H groups in total. The van der Waals surface area contributed by atoms with E-state index >= 15 is 0 Å². The third-order valence-electron chi connectivity index (χ3n) is 5.16. The fourth-order valence-electron chi connectivity index (χ4n) is 3.58. The standard InChI is InChI=1S/C23H22N4O3S/c1-16-3-5-18-21(13-16)31-23(25-18)27(9-2-8-26-10-7-24-15-26)22(28)17-4-6-19-20(14-17)30-12-11-29-19/h3-7,10,13-15H,2,8-9,11-12H2,1H3. The highest BCUT2D eigenvalue weighted by Crippen LogP contribution is 2.34. The van der Waals surface area contributed by atoms with Crippen molar-refractivity contribution in [1.29, 1.82) is 0 Å². The third kappa shape index (κ3) is 4.11. The van der Waals surface area contributed by atoms with Crippen molar-refractivity contribution >= 4 is 32.6 Å². The second kappa shape index (κ2) is 8.39. The smallest absolute Gasteiger partial charge is 0.260 e. The van der Waals surface area contributed by atoms with Crippen LogP contribution in [0.5, 0.6) is 11.5 Å². The van der Waals surface area contributed by atoms with E-state index < -0.39 is 0 Å². The van der Waals surface area contributed by atoms with Crippen molar-refractivity contribution in [2.24, 2.45) is 0 Å². The van der Waals surface area contributed by atoms with Gasteiger partial charge < -0.3 is 14.0 Å². The first-order valence-corrected chi connectivity index (χ1v) is 11.0. The summed E-state index contributed by atoms with van der Waals surface area (Å²) < 4.78 is 14.3. The summed E-state index contributed by atoms with van der Waals surface area (Å²) in [5.41, 5.74) is 2.63. The molecule has 0 radical (unpaired) electrons. The third-order valence-corrected chi connectivity index (χ3v) is 6.20. The maximum atomic E-state index is 13.5. The van der Waals surface area contributed by atoms with Crippen LogP contribution >= 0.6 is 11.3 Å². The number of fused-ring (bicyclic) bond motifs is 2. The number of amides is 1. The van der Waals surface area contributed by atoms with E-state index in [1.54, 1.807) is 35.6 Å². The average Bonchev–Trinajstić information content (AvgIpc) is 3.45. The van der Waals surface area contributed by atoms with Gasteiger partial charge in [-0.1, -0.05) is 17.4 Å². The molecule has 3 heterocycles. The summed E-state index contributed by atoms with van der Waals surface area (Å²) in [5.74, 6) is 1.18. The van der Waals surface area contributed by atoms with E-state index in [9.17, 15) is 4.79 Å². The van der Waals surface area contributed by atoms with Crippen molar-refractivity contribution in [2.75, 3.05) is 24.7 Å². The molecule has 1 aliphatic heterocycles. The van der Waals surface area contributed by atoms with Gasteiger partial charge in [0, 0.05) is 31.0 Å². The molecule has 0 saturated carbocycles. The van der Waals surface area contributed by atoms with Gasteiger partial charge >= 0.3 is 0 Å². The quantitative estimate of drug-likeness (QED) is 0.452. The van der Waals surface area contributed by atoms with E-state index in [-0.39, 0.29) is 5.91 Å². The van der Waals surface area contributed by atoms with Gasteiger partial charge in [0.2, 0.25) is 0 Å². The summed E-state index contributed by atoms with van der Waals surface area (Å²) in [4.78, 5) is 24.1. The Morgan fingerprint density at radius 2 is 2.03 bits per heavy atom. The summed E-state index contributed by atoms with van der Waals surface area (Å²) in [6, 6.07) is 11.5. The zero-order valence-corrected chi connectivity index (χ0v) is 18.0. The van der Waals surface area contributed by atoms with E-state index in [1.807, 2.05) is 22.9 Å². The molecule has 31 heavy (non-hydrogen) atoms. The van der Waals surface area contributed by atoms with E-state index in [4.69, 9.17) is 14.5 Å². The minimum Gasteiger partial charge on any atom is -0.486 e. The number of imidazole rings is 1. The Labute approximate surface area is 183 Å². The molecule has 2 aromatic heterocycles. The Bertz CT molecular complexity index is 1220. The zero-order valence-electron chi connectivity index (χ0n) is 17.2. The molecule has 1 amide bonds. The number of hydrogen-bond donors (Lipinski definition) is 0. The first kappa shape index (κ1) is 19.6. The van der Waals surface area contributed by atoms with Crippen LogP contribution < -0.4 is 14.4 Å². The molecule has 0 unspecified atom stereocenters. The van der Waals surface area contributed by atoms with Gasteiger partial charge in [-0.25, -0.2) is 9.97 Å². The maximum Gasteiger partial charge on any atom is 0.260 e. The molecule has 4 aromatic rings. The van der Waals surface area contributed by atoms with Crippen molar-refractivity contribution in [3.63, 3.8) is 0 Å². The Morgan fingerprint density at radius 3 is 2.87 bits per heavy atom. The van der Waals surface area contributed by atoms with Gasteiger partial charge in [0.05, 0.1) is 16.5 Å². The molecule has 2 aromatic carbocycles. The first-order chi connectivity index (χ1) is 15.2. The monoisotopic (exact) mass is 434 g/mol. The largest absolute Gasteiger partial charge is 0.486 e. The van der Waals surface area contributed by atoms with Crippen molar-refractivity contribution in [3.05, 3.63) is 66.2 Å². The predicted molar refractivity (Wildman–Crippen MR) is 120 cm³/mol. The number of thiazole rings is 1. The van der Waals surface area contributed by atoms with Crippen LogP contribution in [0.1, 0.15) is 22.3 Å². The Morgan fingerprint density at radius 1 is 1.16 bits per heavy atom. The van der Waals surface area contributed by atoms with Gasteiger partial charge in [-0.15, -0.1) is 0 Å². The number of hydrogen-bond acceptors (Lipinski definition) is 6. The molecule has 5 rings (SSSR count). The molecule has 0 atom stereocenters. The normalized spacial score (nSPS) is 12.8. The van der Waals surface area contributed by atoms with Crippen molar-refractivity contribution in [2.45, 2.75) is 19.9 Å². The second-order valence-corrected chi connectivity index (χ2v) is 8.45. The molecule has 158 valence electrons. The van der Waals surface area contributed by atoms with E-state index in [0.29, 0.717) is 42.0 Å². The minimum atomic E-state index is -0.0987. The topological polar surface area (TPSA) is 69.5 Å². The number of ether oxygens (including phenoxy) is 2. The molecule has 0 spiro atoms. The zero-order chi connectivity index (χ0) is 21.2. The predicted octanol–water partition coefficient (Wildman–Crippen LogP) is 4.31. The lowest BCUT2D eigenvalue weighted by molar-refractivity contribution is 0.0985. The Balaban J connectivity index is 1.45. The van der Waals surface area contributed by atoms with Gasteiger partial charge in [0.1, 0.15) is 13.2 Å². The van der Waals surface area contributed by atoms with Gasteiger partial charge in [-0.2, -0.15) is 0 Å². The number of benzene rings is 2. The number of aryl methyl sites for hydroxylation is 2. The molecule has 0 saturated heterocycles. The molecule has 7 nitrogen and oxygen atoms in total. The van der Waals surface area contributed by atoms with Gasteiger partial charge in [-0.05, 0) is 49.2 Å². The SMILES string of the molecule is Cc1ccc2nc(N(CCCn3ccnc3)C(=O)c3ccc4c(c3)OCCO4)sc2c1. The summed E-state index contributed by atoms with van der Waals surface area (Å²) in [5, 5.41) is 0.700. The number of anilines is 1. The Hall–Kier alpha value is -3.39. The second-order valence-electron chi connectivity index (χ2n) is 7.44. The molecule has 0 fully saturated rings. The van der Waals surface area contributed by atoms with Crippen molar-refractivity contribution < 1.29 is 14.3 Å². The number of carbonyl (C=O) groups excluding carboxylic acids is 1. The van der Waals surface area contributed by atoms with Gasteiger partial charge in [0.25, 0.3) is 5.91 Å². The highest BCUT2D eigenvalue weighted by atomic mass is 32.1. The Kier molecular flexibility index (Phi) is 5.30. The average molecular weight is 435 g/mol. The first-order valence-electron chi connectivity index (χ1n) is 10.2. The van der Waals surface area contributed by atoms with Gasteiger partial charge in [-0.3, -0.25) is 9.69 Å². The van der Waals surface area contributed by atoms with Gasteiger partial charge in [0.15, 0.2) is 16.6 Å². The lowest BCUT2D eigenvalue weighted by atomic mass is 10.1. The lowest BCUT2D eigenvalue weighted by Crippen LogP contribution is -2.32. The lowest BCUT2D eigenvalue weighted by Gasteiger charge is -2.22. The van der Waals surface area contributed by atoms with Crippen LogP contribution in [0, 0.1) is 6.92 Å². The fraction of sp³-hybridized carbons (Fsp3) is 0.261. The van der Waals surface area contributed by atoms with Crippen LogP contribution in [0.2, 0.25) is 0 Å². The number of rotatable bonds is 6. The highest BCUT2D eigenvalue weighted by molar-refractivity contribution is 7.22. The fourth-order valence-corrected chi connectivity index (χ4v) is 4.67. The molecule has 8 heteroatoms. The van der Waals surface area contributed by atoms with Crippen LogP contribution in [0.25, 0.3) is 10.2 Å². The molecular formula is C23H22N4O3S.